The second-order valence-electron chi connectivity index (χ2n) is 7.71. The van der Waals surface area contributed by atoms with Gasteiger partial charge in [0.2, 0.25) is 0 Å². The van der Waals surface area contributed by atoms with Gasteiger partial charge in [0, 0.05) is 36.4 Å². The summed E-state index contributed by atoms with van der Waals surface area (Å²) in [7, 11) is 0. The fraction of sp³-hybridized carbons (Fsp3) is 0.333. The molecule has 1 amide bonds. The van der Waals surface area contributed by atoms with Crippen LogP contribution in [0.25, 0.3) is 10.9 Å². The Kier molecular flexibility index (Phi) is 6.96. The zero-order valence-electron chi connectivity index (χ0n) is 17.5. The second-order valence-corrected chi connectivity index (χ2v) is 7.71. The van der Waals surface area contributed by atoms with E-state index in [4.69, 9.17) is 14.9 Å². The minimum Gasteiger partial charge on any atom is -0.484 e. The highest BCUT2D eigenvalue weighted by Gasteiger charge is 2.17. The largest absolute Gasteiger partial charge is 0.484 e. The molecule has 0 aliphatic heterocycles. The number of nitrogens with zero attached hydrogens (tertiary/aromatic N) is 1. The molecule has 1 aromatic heterocycles. The summed E-state index contributed by atoms with van der Waals surface area (Å²) >= 11 is 0. The number of nitrogens with one attached hydrogen (secondary N) is 3. The summed E-state index contributed by atoms with van der Waals surface area (Å²) in [5.74, 6) is 0.00448. The van der Waals surface area contributed by atoms with Crippen LogP contribution in [0.15, 0.2) is 48.5 Å². The van der Waals surface area contributed by atoms with Crippen molar-refractivity contribution in [3.05, 3.63) is 65.4 Å². The predicted octanol–water partition coefficient (Wildman–Crippen LogP) is 3.20. The molecule has 1 heterocycles. The van der Waals surface area contributed by atoms with Gasteiger partial charge in [0.25, 0.3) is 5.91 Å². The molecule has 0 saturated heterocycles. The molecule has 0 radical (unpaired) electrons. The Balaban J connectivity index is 1.30. The van der Waals surface area contributed by atoms with E-state index < -0.39 is 5.91 Å². The Morgan fingerprint density at radius 2 is 1.84 bits per heavy atom. The van der Waals surface area contributed by atoms with E-state index in [1.54, 1.807) is 5.48 Å². The third-order valence-corrected chi connectivity index (χ3v) is 5.52. The SMILES string of the molecule is O=C(COc1ccc(CNCCNc2c3c(nc4ccccc24)CCCC3)cc1)NO. The van der Waals surface area contributed by atoms with Gasteiger partial charge in [0.1, 0.15) is 5.75 Å². The number of pyridine rings is 1. The van der Waals surface area contributed by atoms with Crippen molar-refractivity contribution in [1.82, 2.24) is 15.8 Å². The molecule has 0 atom stereocenters. The van der Waals surface area contributed by atoms with Crippen molar-refractivity contribution in [3.63, 3.8) is 0 Å². The maximum atomic E-state index is 11.0. The van der Waals surface area contributed by atoms with E-state index in [2.05, 4.69) is 28.8 Å². The van der Waals surface area contributed by atoms with Crippen molar-refractivity contribution in [2.24, 2.45) is 0 Å². The third kappa shape index (κ3) is 5.31. The number of amides is 1. The summed E-state index contributed by atoms with van der Waals surface area (Å²) in [5.41, 5.74) is 7.62. The van der Waals surface area contributed by atoms with Gasteiger partial charge in [-0.3, -0.25) is 15.0 Å². The molecule has 2 aromatic carbocycles. The maximum absolute atomic E-state index is 11.0. The van der Waals surface area contributed by atoms with Gasteiger partial charge in [0.05, 0.1) is 5.52 Å². The number of ether oxygens (including phenoxy) is 1. The minimum atomic E-state index is -0.582. The Labute approximate surface area is 181 Å². The third-order valence-electron chi connectivity index (χ3n) is 5.52. The average Bonchev–Trinajstić information content (AvgIpc) is 2.82. The smallest absolute Gasteiger partial charge is 0.281 e. The molecule has 4 rings (SSSR count). The summed E-state index contributed by atoms with van der Waals surface area (Å²) < 4.78 is 5.28. The lowest BCUT2D eigenvalue weighted by Crippen LogP contribution is -2.25. The Bertz CT molecular complexity index is 1040. The standard InChI is InChI=1S/C24H28N4O3/c29-23(28-30)16-31-18-11-9-17(10-12-18)15-25-13-14-26-24-19-5-1-3-7-21(19)27-22-8-4-2-6-20(22)24/h1,3,5,7,9-12,25,30H,2,4,6,8,13-16H2,(H,26,27)(H,28,29). The Morgan fingerprint density at radius 1 is 1.03 bits per heavy atom. The molecule has 1 aliphatic rings. The molecule has 0 spiro atoms. The number of carbonyl (C=O) groups is 1. The van der Waals surface area contributed by atoms with Crippen LogP contribution < -0.4 is 20.9 Å². The first-order valence-corrected chi connectivity index (χ1v) is 10.7. The number of hydrogen-bond donors (Lipinski definition) is 4. The number of carbonyl (C=O) groups excluding carboxylic acids is 1. The molecule has 162 valence electrons. The van der Waals surface area contributed by atoms with Gasteiger partial charge in [0.15, 0.2) is 6.61 Å². The highest BCUT2D eigenvalue weighted by Crippen LogP contribution is 2.33. The molecular weight excluding hydrogens is 392 g/mol. The Hall–Kier alpha value is -3.16. The quantitative estimate of drug-likeness (QED) is 0.241. The molecule has 0 bridgehead atoms. The average molecular weight is 421 g/mol. The van der Waals surface area contributed by atoms with Crippen LogP contribution in [0.5, 0.6) is 5.75 Å². The van der Waals surface area contributed by atoms with E-state index >= 15 is 0 Å². The molecular formula is C24H28N4O3. The zero-order valence-corrected chi connectivity index (χ0v) is 17.5. The minimum absolute atomic E-state index is 0.215. The molecule has 4 N–H and O–H groups in total. The van der Waals surface area contributed by atoms with Gasteiger partial charge in [-0.2, -0.15) is 0 Å². The van der Waals surface area contributed by atoms with Crippen LogP contribution in [-0.4, -0.2) is 35.8 Å². The van der Waals surface area contributed by atoms with Crippen molar-refractivity contribution < 1.29 is 14.7 Å². The fourth-order valence-corrected chi connectivity index (χ4v) is 3.97. The fourth-order valence-electron chi connectivity index (χ4n) is 3.97. The van der Waals surface area contributed by atoms with Gasteiger partial charge >= 0.3 is 0 Å². The zero-order chi connectivity index (χ0) is 21.5. The van der Waals surface area contributed by atoms with Crippen LogP contribution in [0, 0.1) is 0 Å². The van der Waals surface area contributed by atoms with Crippen molar-refractivity contribution in [2.45, 2.75) is 32.2 Å². The summed E-state index contributed by atoms with van der Waals surface area (Å²) in [6.45, 7) is 2.19. The van der Waals surface area contributed by atoms with Crippen LogP contribution in [0.3, 0.4) is 0 Å². The molecule has 0 fully saturated rings. The van der Waals surface area contributed by atoms with E-state index in [1.165, 1.54) is 35.2 Å². The van der Waals surface area contributed by atoms with Gasteiger partial charge < -0.3 is 15.4 Å². The van der Waals surface area contributed by atoms with E-state index in [9.17, 15) is 4.79 Å². The highest BCUT2D eigenvalue weighted by molar-refractivity contribution is 5.93. The first kappa shape index (κ1) is 21.1. The van der Waals surface area contributed by atoms with Gasteiger partial charge in [-0.25, -0.2) is 5.48 Å². The molecule has 31 heavy (non-hydrogen) atoms. The lowest BCUT2D eigenvalue weighted by atomic mass is 9.92. The van der Waals surface area contributed by atoms with E-state index in [-0.39, 0.29) is 6.61 Å². The monoisotopic (exact) mass is 420 g/mol. The van der Waals surface area contributed by atoms with Crippen molar-refractivity contribution in [1.29, 1.82) is 0 Å². The lowest BCUT2D eigenvalue weighted by Gasteiger charge is -2.21. The van der Waals surface area contributed by atoms with Crippen LogP contribution >= 0.6 is 0 Å². The number of benzene rings is 2. The second kappa shape index (κ2) is 10.2. The number of hydrogen-bond acceptors (Lipinski definition) is 6. The van der Waals surface area contributed by atoms with E-state index in [0.29, 0.717) is 5.75 Å². The number of hydroxylamine groups is 1. The summed E-state index contributed by atoms with van der Waals surface area (Å²) in [6.07, 6.45) is 4.61. The van der Waals surface area contributed by atoms with Crippen molar-refractivity contribution >= 4 is 22.5 Å². The normalized spacial score (nSPS) is 12.9. The van der Waals surface area contributed by atoms with Crippen molar-refractivity contribution in [2.75, 3.05) is 25.0 Å². The first-order chi connectivity index (χ1) is 15.2. The van der Waals surface area contributed by atoms with E-state index in [0.717, 1.165) is 43.6 Å². The number of fused-ring (bicyclic) bond motifs is 2. The summed E-state index contributed by atoms with van der Waals surface area (Å²) in [5, 5.41) is 16.8. The summed E-state index contributed by atoms with van der Waals surface area (Å²) in [4.78, 5) is 15.9. The number of rotatable bonds is 9. The van der Waals surface area contributed by atoms with E-state index in [1.807, 2.05) is 30.3 Å². The van der Waals surface area contributed by atoms with Crippen LogP contribution in [0.4, 0.5) is 5.69 Å². The number of aryl methyl sites for hydroxylation is 1. The Morgan fingerprint density at radius 3 is 2.68 bits per heavy atom. The maximum Gasteiger partial charge on any atom is 0.281 e. The molecule has 0 unspecified atom stereocenters. The van der Waals surface area contributed by atoms with Crippen LogP contribution in [-0.2, 0) is 24.2 Å². The first-order valence-electron chi connectivity index (χ1n) is 10.7. The highest BCUT2D eigenvalue weighted by atomic mass is 16.5. The molecule has 0 saturated carbocycles. The lowest BCUT2D eigenvalue weighted by molar-refractivity contribution is -0.131. The number of aromatic nitrogens is 1. The molecule has 1 aliphatic carbocycles. The molecule has 3 aromatic rings. The van der Waals surface area contributed by atoms with Gasteiger partial charge in [-0.1, -0.05) is 30.3 Å². The summed E-state index contributed by atoms with van der Waals surface area (Å²) in [6, 6.07) is 15.9. The number of para-hydroxylation sites is 1. The predicted molar refractivity (Wildman–Crippen MR) is 120 cm³/mol. The van der Waals surface area contributed by atoms with Gasteiger partial charge in [-0.15, -0.1) is 0 Å². The topological polar surface area (TPSA) is 95.5 Å². The van der Waals surface area contributed by atoms with Gasteiger partial charge in [-0.05, 0) is 55.0 Å². The molecule has 7 heteroatoms. The number of anilines is 1. The molecule has 7 nitrogen and oxygen atoms in total. The van der Waals surface area contributed by atoms with Crippen molar-refractivity contribution in [3.8, 4) is 5.75 Å². The van der Waals surface area contributed by atoms with Crippen LogP contribution in [0.1, 0.15) is 29.7 Å². The van der Waals surface area contributed by atoms with Crippen LogP contribution in [0.2, 0.25) is 0 Å².